The van der Waals surface area contributed by atoms with Gasteiger partial charge in [0.05, 0.1) is 7.11 Å². The molecule has 1 heterocycles. The maximum Gasteiger partial charge on any atom is 0.125 e. The minimum atomic E-state index is 0.321. The zero-order chi connectivity index (χ0) is 11.5. The predicted octanol–water partition coefficient (Wildman–Crippen LogP) is 2.52. The van der Waals surface area contributed by atoms with Gasteiger partial charge in [-0.2, -0.15) is 0 Å². The van der Waals surface area contributed by atoms with Crippen molar-refractivity contribution >= 4 is 0 Å². The lowest BCUT2D eigenvalue weighted by Gasteiger charge is -2.24. The van der Waals surface area contributed by atoms with E-state index in [1.807, 2.05) is 19.1 Å². The van der Waals surface area contributed by atoms with E-state index in [0.717, 1.165) is 29.8 Å². The van der Waals surface area contributed by atoms with Gasteiger partial charge in [0, 0.05) is 11.6 Å². The standard InChI is InChI=1S/C13H19NO2/c1-9-12(15)7-10(8-13(9)16-2)11-5-3-4-6-14-11/h7-8,11,14-15H,3-6H2,1-2H3. The predicted molar refractivity (Wildman–Crippen MR) is 64.0 cm³/mol. The Bertz CT molecular complexity index is 370. The van der Waals surface area contributed by atoms with E-state index in [9.17, 15) is 5.11 Å². The Morgan fingerprint density at radius 1 is 1.38 bits per heavy atom. The van der Waals surface area contributed by atoms with Crippen molar-refractivity contribution in [2.24, 2.45) is 0 Å². The fourth-order valence-electron chi connectivity index (χ4n) is 2.24. The molecule has 1 aromatic carbocycles. The quantitative estimate of drug-likeness (QED) is 0.806. The SMILES string of the molecule is COc1cc(C2CCCCN2)cc(O)c1C. The zero-order valence-corrected chi connectivity index (χ0v) is 9.92. The maximum absolute atomic E-state index is 9.83. The number of methoxy groups -OCH3 is 1. The molecule has 3 nitrogen and oxygen atoms in total. The molecule has 0 saturated carbocycles. The third kappa shape index (κ3) is 2.14. The molecule has 0 spiro atoms. The highest BCUT2D eigenvalue weighted by Gasteiger charge is 2.17. The first-order valence-electron chi connectivity index (χ1n) is 5.83. The normalized spacial score (nSPS) is 20.8. The number of ether oxygens (including phenoxy) is 1. The fourth-order valence-corrected chi connectivity index (χ4v) is 2.24. The van der Waals surface area contributed by atoms with Gasteiger partial charge in [-0.15, -0.1) is 0 Å². The highest BCUT2D eigenvalue weighted by Crippen LogP contribution is 2.33. The molecule has 0 aromatic heterocycles. The van der Waals surface area contributed by atoms with Gasteiger partial charge in [0.25, 0.3) is 0 Å². The average Bonchev–Trinajstić information content (AvgIpc) is 2.33. The molecule has 1 saturated heterocycles. The van der Waals surface area contributed by atoms with Crippen LogP contribution >= 0.6 is 0 Å². The number of phenols is 1. The van der Waals surface area contributed by atoms with Gasteiger partial charge in [-0.25, -0.2) is 0 Å². The van der Waals surface area contributed by atoms with Crippen LogP contribution in [0.15, 0.2) is 12.1 Å². The molecule has 1 unspecified atom stereocenters. The van der Waals surface area contributed by atoms with Crippen LogP contribution in [0.1, 0.15) is 36.4 Å². The summed E-state index contributed by atoms with van der Waals surface area (Å²) in [5, 5.41) is 13.3. The molecule has 0 bridgehead atoms. The van der Waals surface area contributed by atoms with Crippen LogP contribution in [0.4, 0.5) is 0 Å². The van der Waals surface area contributed by atoms with Crippen LogP contribution in [0.5, 0.6) is 11.5 Å². The lowest BCUT2D eigenvalue weighted by Crippen LogP contribution is -2.26. The number of rotatable bonds is 2. The maximum atomic E-state index is 9.83. The van der Waals surface area contributed by atoms with Gasteiger partial charge in [0.2, 0.25) is 0 Å². The number of nitrogens with one attached hydrogen (secondary N) is 1. The molecule has 1 atom stereocenters. The summed E-state index contributed by atoms with van der Waals surface area (Å²) in [6.45, 7) is 2.92. The number of benzene rings is 1. The summed E-state index contributed by atoms with van der Waals surface area (Å²) < 4.78 is 5.27. The highest BCUT2D eigenvalue weighted by atomic mass is 16.5. The summed E-state index contributed by atoms with van der Waals surface area (Å²) in [4.78, 5) is 0. The van der Waals surface area contributed by atoms with E-state index < -0.39 is 0 Å². The third-order valence-electron chi connectivity index (χ3n) is 3.29. The Labute approximate surface area is 96.4 Å². The molecule has 88 valence electrons. The lowest BCUT2D eigenvalue weighted by atomic mass is 9.96. The van der Waals surface area contributed by atoms with Gasteiger partial charge >= 0.3 is 0 Å². The first-order valence-corrected chi connectivity index (χ1v) is 5.83. The second-order valence-corrected chi connectivity index (χ2v) is 4.37. The minimum Gasteiger partial charge on any atom is -0.508 e. The van der Waals surface area contributed by atoms with Crippen molar-refractivity contribution in [2.45, 2.75) is 32.2 Å². The summed E-state index contributed by atoms with van der Waals surface area (Å²) in [6, 6.07) is 4.23. The molecule has 0 aliphatic carbocycles. The van der Waals surface area contributed by atoms with Crippen LogP contribution in [0.2, 0.25) is 0 Å². The summed E-state index contributed by atoms with van der Waals surface area (Å²) >= 11 is 0. The van der Waals surface area contributed by atoms with Crippen LogP contribution in [-0.4, -0.2) is 18.8 Å². The molecule has 0 radical (unpaired) electrons. The van der Waals surface area contributed by atoms with Crippen LogP contribution in [-0.2, 0) is 0 Å². The first kappa shape index (κ1) is 11.3. The Hall–Kier alpha value is -1.22. The smallest absolute Gasteiger partial charge is 0.125 e. The largest absolute Gasteiger partial charge is 0.508 e. The first-order chi connectivity index (χ1) is 7.72. The van der Waals surface area contributed by atoms with E-state index in [4.69, 9.17) is 4.74 Å². The van der Waals surface area contributed by atoms with E-state index in [1.165, 1.54) is 12.8 Å². The molecule has 1 aromatic rings. The molecule has 1 aliphatic heterocycles. The van der Waals surface area contributed by atoms with E-state index in [0.29, 0.717) is 11.8 Å². The molecular weight excluding hydrogens is 202 g/mol. The molecule has 0 amide bonds. The minimum absolute atomic E-state index is 0.321. The molecule has 3 heteroatoms. The average molecular weight is 221 g/mol. The molecule has 2 N–H and O–H groups in total. The molecule has 1 fully saturated rings. The summed E-state index contributed by atoms with van der Waals surface area (Å²) in [7, 11) is 1.64. The van der Waals surface area contributed by atoms with E-state index in [1.54, 1.807) is 7.11 Å². The van der Waals surface area contributed by atoms with Crippen molar-refractivity contribution in [3.63, 3.8) is 0 Å². The summed E-state index contributed by atoms with van der Waals surface area (Å²) in [5.41, 5.74) is 1.93. The van der Waals surface area contributed by atoms with Crippen molar-refractivity contribution < 1.29 is 9.84 Å². The second kappa shape index (κ2) is 4.74. The number of hydrogen-bond acceptors (Lipinski definition) is 3. The van der Waals surface area contributed by atoms with Crippen LogP contribution in [0.25, 0.3) is 0 Å². The summed E-state index contributed by atoms with van der Waals surface area (Å²) in [5.74, 6) is 1.09. The Kier molecular flexibility index (Phi) is 3.34. The van der Waals surface area contributed by atoms with Gasteiger partial charge in [0.15, 0.2) is 0 Å². The molecular formula is C13H19NO2. The van der Waals surface area contributed by atoms with Gasteiger partial charge in [-0.05, 0) is 44.0 Å². The van der Waals surface area contributed by atoms with Crippen LogP contribution < -0.4 is 10.1 Å². The molecule has 2 rings (SSSR count). The van der Waals surface area contributed by atoms with Crippen LogP contribution in [0.3, 0.4) is 0 Å². The topological polar surface area (TPSA) is 41.5 Å². The fraction of sp³-hybridized carbons (Fsp3) is 0.538. The molecule has 16 heavy (non-hydrogen) atoms. The van der Waals surface area contributed by atoms with Crippen molar-refractivity contribution in [3.05, 3.63) is 23.3 Å². The second-order valence-electron chi connectivity index (χ2n) is 4.37. The van der Waals surface area contributed by atoms with Gasteiger partial charge < -0.3 is 15.2 Å². The van der Waals surface area contributed by atoms with E-state index in [2.05, 4.69) is 5.32 Å². The van der Waals surface area contributed by atoms with Gasteiger partial charge in [-0.3, -0.25) is 0 Å². The Balaban J connectivity index is 2.29. The number of piperidine rings is 1. The van der Waals surface area contributed by atoms with Crippen molar-refractivity contribution in [1.82, 2.24) is 5.32 Å². The highest BCUT2D eigenvalue weighted by molar-refractivity contribution is 5.47. The van der Waals surface area contributed by atoms with Gasteiger partial charge in [-0.1, -0.05) is 6.42 Å². The zero-order valence-electron chi connectivity index (χ0n) is 9.92. The van der Waals surface area contributed by atoms with Crippen molar-refractivity contribution in [3.8, 4) is 11.5 Å². The number of hydrogen-bond donors (Lipinski definition) is 2. The van der Waals surface area contributed by atoms with Crippen molar-refractivity contribution in [2.75, 3.05) is 13.7 Å². The Morgan fingerprint density at radius 3 is 2.81 bits per heavy atom. The number of phenolic OH excluding ortho intramolecular Hbond substituents is 1. The van der Waals surface area contributed by atoms with E-state index >= 15 is 0 Å². The molecule has 1 aliphatic rings. The summed E-state index contributed by atoms with van der Waals surface area (Å²) in [6.07, 6.45) is 3.62. The Morgan fingerprint density at radius 2 is 2.19 bits per heavy atom. The lowest BCUT2D eigenvalue weighted by molar-refractivity contribution is 0.389. The van der Waals surface area contributed by atoms with Crippen LogP contribution in [0, 0.1) is 6.92 Å². The third-order valence-corrected chi connectivity index (χ3v) is 3.29. The number of aromatic hydroxyl groups is 1. The van der Waals surface area contributed by atoms with E-state index in [-0.39, 0.29) is 0 Å². The monoisotopic (exact) mass is 221 g/mol. The van der Waals surface area contributed by atoms with Gasteiger partial charge in [0.1, 0.15) is 11.5 Å². The van der Waals surface area contributed by atoms with Crippen molar-refractivity contribution in [1.29, 1.82) is 0 Å².